The lowest BCUT2D eigenvalue weighted by molar-refractivity contribution is 0.0871. The molecule has 0 amide bonds. The Morgan fingerprint density at radius 1 is 1.13 bits per heavy atom. The molecule has 4 rings (SSSR count). The zero-order chi connectivity index (χ0) is 15.6. The van der Waals surface area contributed by atoms with Crippen molar-refractivity contribution in [2.24, 2.45) is 11.8 Å². The summed E-state index contributed by atoms with van der Waals surface area (Å²) in [7, 11) is 0. The summed E-state index contributed by atoms with van der Waals surface area (Å²) in [5.41, 5.74) is 2.29. The third-order valence-corrected chi connectivity index (χ3v) is 4.52. The van der Waals surface area contributed by atoms with Crippen molar-refractivity contribution in [1.82, 2.24) is 19.7 Å². The first-order chi connectivity index (χ1) is 11.3. The molecule has 0 saturated heterocycles. The molecule has 0 radical (unpaired) electrons. The van der Waals surface area contributed by atoms with Crippen LogP contribution in [0.2, 0.25) is 0 Å². The summed E-state index contributed by atoms with van der Waals surface area (Å²) in [6.45, 7) is 6.28. The summed E-state index contributed by atoms with van der Waals surface area (Å²) in [5.74, 6) is 2.00. The van der Waals surface area contributed by atoms with Gasteiger partial charge < -0.3 is 9.64 Å². The van der Waals surface area contributed by atoms with Gasteiger partial charge in [-0.3, -0.25) is 4.68 Å². The van der Waals surface area contributed by atoms with Gasteiger partial charge in [0.1, 0.15) is 0 Å². The molecule has 0 spiro atoms. The molecule has 122 valence electrons. The van der Waals surface area contributed by atoms with E-state index >= 15 is 0 Å². The van der Waals surface area contributed by atoms with Crippen molar-refractivity contribution in [1.29, 1.82) is 0 Å². The second-order valence-electron chi connectivity index (χ2n) is 6.79. The van der Waals surface area contributed by atoms with E-state index in [1.807, 2.05) is 25.5 Å². The number of anilines is 1. The standard InChI is InChI=1S/C17H23N5O/c1-13-6-18-17(19-7-13)21-8-15(12-23-11-14-2-3-14)9-22-16(10-21)4-5-20-22/h4-7,14-15H,2-3,8-12H2,1H3/t15-/m0/s1. The van der Waals surface area contributed by atoms with Crippen LogP contribution in [0.1, 0.15) is 24.1 Å². The van der Waals surface area contributed by atoms with E-state index in [1.165, 1.54) is 18.5 Å². The monoisotopic (exact) mass is 313 g/mol. The minimum absolute atomic E-state index is 0.403. The molecule has 6 nitrogen and oxygen atoms in total. The van der Waals surface area contributed by atoms with Crippen LogP contribution in [0, 0.1) is 18.8 Å². The van der Waals surface area contributed by atoms with Crippen LogP contribution in [0.4, 0.5) is 5.95 Å². The number of rotatable bonds is 5. The maximum atomic E-state index is 5.94. The van der Waals surface area contributed by atoms with Gasteiger partial charge >= 0.3 is 0 Å². The number of ether oxygens (including phenoxy) is 1. The molecule has 1 fully saturated rings. The van der Waals surface area contributed by atoms with E-state index in [0.29, 0.717) is 5.92 Å². The van der Waals surface area contributed by atoms with Gasteiger partial charge in [0.25, 0.3) is 0 Å². The fraction of sp³-hybridized carbons (Fsp3) is 0.588. The van der Waals surface area contributed by atoms with Gasteiger partial charge in [0, 0.05) is 44.2 Å². The zero-order valence-electron chi connectivity index (χ0n) is 13.6. The molecular formula is C17H23N5O. The molecule has 23 heavy (non-hydrogen) atoms. The SMILES string of the molecule is Cc1cnc(N2Cc3ccnn3C[C@@H](COCC3CC3)C2)nc1. The molecule has 2 aliphatic rings. The Labute approximate surface area is 136 Å². The normalized spacial score (nSPS) is 21.1. The van der Waals surface area contributed by atoms with Crippen molar-refractivity contribution in [3.05, 3.63) is 35.9 Å². The van der Waals surface area contributed by atoms with Crippen LogP contribution >= 0.6 is 0 Å². The van der Waals surface area contributed by atoms with Crippen molar-refractivity contribution >= 4 is 5.95 Å². The molecule has 2 aromatic rings. The molecule has 0 unspecified atom stereocenters. The van der Waals surface area contributed by atoms with Crippen molar-refractivity contribution in [2.45, 2.75) is 32.9 Å². The molecule has 2 aromatic heterocycles. The highest BCUT2D eigenvalue weighted by atomic mass is 16.5. The third kappa shape index (κ3) is 3.52. The van der Waals surface area contributed by atoms with Crippen LogP contribution < -0.4 is 4.90 Å². The molecular weight excluding hydrogens is 290 g/mol. The van der Waals surface area contributed by atoms with E-state index in [9.17, 15) is 0 Å². The number of hydrogen-bond donors (Lipinski definition) is 0. The van der Waals surface area contributed by atoms with Gasteiger partial charge in [-0.05, 0) is 37.3 Å². The van der Waals surface area contributed by atoms with E-state index in [4.69, 9.17) is 4.74 Å². The summed E-state index contributed by atoms with van der Waals surface area (Å²) in [6, 6.07) is 2.08. The molecule has 1 atom stereocenters. The van der Waals surface area contributed by atoms with E-state index in [0.717, 1.165) is 50.3 Å². The van der Waals surface area contributed by atoms with Gasteiger partial charge in [0.05, 0.1) is 18.8 Å². The summed E-state index contributed by atoms with van der Waals surface area (Å²) >= 11 is 0. The van der Waals surface area contributed by atoms with Crippen molar-refractivity contribution < 1.29 is 4.74 Å². The second kappa shape index (κ2) is 6.28. The Kier molecular flexibility index (Phi) is 3.99. The fourth-order valence-electron chi connectivity index (χ4n) is 3.03. The lowest BCUT2D eigenvalue weighted by atomic mass is 10.1. The predicted molar refractivity (Wildman–Crippen MR) is 87.1 cm³/mol. The highest BCUT2D eigenvalue weighted by Gasteiger charge is 2.26. The first kappa shape index (κ1) is 14.6. The van der Waals surface area contributed by atoms with E-state index in [2.05, 4.69) is 30.7 Å². The summed E-state index contributed by atoms with van der Waals surface area (Å²) in [4.78, 5) is 11.2. The molecule has 3 heterocycles. The lowest BCUT2D eigenvalue weighted by Gasteiger charge is -2.24. The predicted octanol–water partition coefficient (Wildman–Crippen LogP) is 2.04. The average molecular weight is 313 g/mol. The number of fused-ring (bicyclic) bond motifs is 1. The fourth-order valence-corrected chi connectivity index (χ4v) is 3.03. The van der Waals surface area contributed by atoms with Gasteiger partial charge in [0.15, 0.2) is 0 Å². The van der Waals surface area contributed by atoms with Gasteiger partial charge in [-0.1, -0.05) is 0 Å². The maximum Gasteiger partial charge on any atom is 0.225 e. The molecule has 6 heteroatoms. The molecule has 1 aliphatic carbocycles. The number of aryl methyl sites for hydroxylation is 1. The van der Waals surface area contributed by atoms with Gasteiger partial charge in [-0.2, -0.15) is 5.10 Å². The topological polar surface area (TPSA) is 56.1 Å². The summed E-state index contributed by atoms with van der Waals surface area (Å²) in [5, 5.41) is 4.46. The first-order valence-corrected chi connectivity index (χ1v) is 8.40. The van der Waals surface area contributed by atoms with Crippen molar-refractivity contribution in [3.63, 3.8) is 0 Å². The Balaban J connectivity index is 1.50. The van der Waals surface area contributed by atoms with Crippen LogP contribution in [0.5, 0.6) is 0 Å². The van der Waals surface area contributed by atoms with Crippen LogP contribution in [-0.2, 0) is 17.8 Å². The minimum Gasteiger partial charge on any atom is -0.381 e. The van der Waals surface area contributed by atoms with Crippen molar-refractivity contribution in [3.8, 4) is 0 Å². The van der Waals surface area contributed by atoms with Gasteiger partial charge in [-0.25, -0.2) is 9.97 Å². The Morgan fingerprint density at radius 3 is 2.70 bits per heavy atom. The van der Waals surface area contributed by atoms with E-state index < -0.39 is 0 Å². The zero-order valence-corrected chi connectivity index (χ0v) is 13.6. The Morgan fingerprint density at radius 2 is 1.91 bits per heavy atom. The first-order valence-electron chi connectivity index (χ1n) is 8.40. The Bertz CT molecular complexity index is 649. The highest BCUT2D eigenvalue weighted by Crippen LogP contribution is 2.29. The molecule has 0 aromatic carbocycles. The lowest BCUT2D eigenvalue weighted by Crippen LogP contribution is -2.31. The quantitative estimate of drug-likeness (QED) is 0.845. The van der Waals surface area contributed by atoms with Crippen LogP contribution in [0.15, 0.2) is 24.7 Å². The van der Waals surface area contributed by atoms with Gasteiger partial charge in [-0.15, -0.1) is 0 Å². The molecule has 1 aliphatic heterocycles. The minimum atomic E-state index is 0.403. The largest absolute Gasteiger partial charge is 0.381 e. The number of hydrogen-bond acceptors (Lipinski definition) is 5. The van der Waals surface area contributed by atoms with Crippen molar-refractivity contribution in [2.75, 3.05) is 24.7 Å². The summed E-state index contributed by atoms with van der Waals surface area (Å²) in [6.07, 6.45) is 8.29. The third-order valence-electron chi connectivity index (χ3n) is 4.52. The number of aromatic nitrogens is 4. The molecule has 0 bridgehead atoms. The van der Waals surface area contributed by atoms with E-state index in [-0.39, 0.29) is 0 Å². The molecule has 0 N–H and O–H groups in total. The van der Waals surface area contributed by atoms with E-state index in [1.54, 1.807) is 0 Å². The average Bonchev–Trinajstić information content (AvgIpc) is 3.30. The number of nitrogens with zero attached hydrogens (tertiary/aromatic N) is 5. The van der Waals surface area contributed by atoms with Crippen LogP contribution in [-0.4, -0.2) is 39.5 Å². The molecule has 1 saturated carbocycles. The second-order valence-corrected chi connectivity index (χ2v) is 6.79. The summed E-state index contributed by atoms with van der Waals surface area (Å²) < 4.78 is 8.04. The van der Waals surface area contributed by atoms with Crippen LogP contribution in [0.25, 0.3) is 0 Å². The van der Waals surface area contributed by atoms with Crippen LogP contribution in [0.3, 0.4) is 0 Å². The highest BCUT2D eigenvalue weighted by molar-refractivity contribution is 5.31. The smallest absolute Gasteiger partial charge is 0.225 e. The Hall–Kier alpha value is -1.95. The maximum absolute atomic E-state index is 5.94. The van der Waals surface area contributed by atoms with Gasteiger partial charge in [0.2, 0.25) is 5.95 Å².